The number of oxazole rings is 1. The van der Waals surface area contributed by atoms with Gasteiger partial charge in [-0.25, -0.2) is 8.42 Å². The van der Waals surface area contributed by atoms with Crippen molar-refractivity contribution in [3.05, 3.63) is 41.4 Å². The van der Waals surface area contributed by atoms with Gasteiger partial charge in [-0.3, -0.25) is 4.31 Å². The van der Waals surface area contributed by atoms with Gasteiger partial charge in [0.25, 0.3) is 17.8 Å². The lowest BCUT2D eigenvalue weighted by Crippen LogP contribution is -2.61. The zero-order chi connectivity index (χ0) is 21.5. The lowest BCUT2D eigenvalue weighted by atomic mass is 10.1. The van der Waals surface area contributed by atoms with Crippen LogP contribution in [0.15, 0.2) is 39.4 Å². The Kier molecular flexibility index (Phi) is 5.36. The van der Waals surface area contributed by atoms with Gasteiger partial charge in [0.05, 0.1) is 17.5 Å². The molecule has 0 aliphatic carbocycles. The van der Waals surface area contributed by atoms with Gasteiger partial charge in [-0.05, 0) is 25.1 Å². The maximum atomic E-state index is 12.7. The van der Waals surface area contributed by atoms with Crippen molar-refractivity contribution in [2.75, 3.05) is 28.0 Å². The minimum atomic E-state index is -3.55. The summed E-state index contributed by atoms with van der Waals surface area (Å²) in [7, 11) is -3.55. The van der Waals surface area contributed by atoms with E-state index in [1.165, 1.54) is 10.6 Å². The lowest BCUT2D eigenvalue weighted by molar-refractivity contribution is 0.116. The SMILES string of the molecule is CCS(=O)(=O)N(c1cccc(Cl)c1)C1CN(c2nc(-c3nnc(C(F)F)o3)co2)C1. The molecule has 4 rings (SSSR count). The van der Waals surface area contributed by atoms with Crippen LogP contribution in [0, 0.1) is 0 Å². The van der Waals surface area contributed by atoms with E-state index in [0.717, 1.165) is 0 Å². The molecule has 9 nitrogen and oxygen atoms in total. The standard InChI is InChI=1S/C17H16ClF2N5O4S/c1-2-30(26,27)25(11-5-3-4-10(18)6-11)12-7-24(8-12)17-21-13(9-28-17)15-22-23-16(29-15)14(19)20/h3-6,9,12,14H,2,7-8H2,1H3. The lowest BCUT2D eigenvalue weighted by Gasteiger charge is -2.44. The maximum Gasteiger partial charge on any atom is 0.314 e. The van der Waals surface area contributed by atoms with Crippen LogP contribution in [0.2, 0.25) is 5.02 Å². The summed E-state index contributed by atoms with van der Waals surface area (Å²) in [6.45, 7) is 2.21. The predicted octanol–water partition coefficient (Wildman–Crippen LogP) is 3.36. The molecule has 1 aliphatic heterocycles. The summed E-state index contributed by atoms with van der Waals surface area (Å²) in [4.78, 5) is 5.88. The van der Waals surface area contributed by atoms with Crippen molar-refractivity contribution < 1.29 is 26.0 Å². The Morgan fingerprint density at radius 1 is 1.33 bits per heavy atom. The fraction of sp³-hybridized carbons (Fsp3) is 0.353. The van der Waals surface area contributed by atoms with Crippen molar-refractivity contribution >= 4 is 33.3 Å². The van der Waals surface area contributed by atoms with E-state index < -0.39 is 22.3 Å². The third kappa shape index (κ3) is 3.84. The van der Waals surface area contributed by atoms with Crippen LogP contribution >= 0.6 is 11.6 Å². The molecule has 1 saturated heterocycles. The monoisotopic (exact) mass is 459 g/mol. The molecule has 1 fully saturated rings. The smallest absolute Gasteiger partial charge is 0.314 e. The van der Waals surface area contributed by atoms with Gasteiger partial charge in [0.15, 0.2) is 5.69 Å². The van der Waals surface area contributed by atoms with Crippen molar-refractivity contribution in [1.82, 2.24) is 15.2 Å². The first-order valence-electron chi connectivity index (χ1n) is 8.88. The highest BCUT2D eigenvalue weighted by Crippen LogP contribution is 2.32. The average molecular weight is 460 g/mol. The summed E-state index contributed by atoms with van der Waals surface area (Å²) >= 11 is 6.03. The third-order valence-electron chi connectivity index (χ3n) is 4.53. The number of hydrogen-bond donors (Lipinski definition) is 0. The second-order valence-electron chi connectivity index (χ2n) is 6.50. The minimum Gasteiger partial charge on any atom is -0.431 e. The van der Waals surface area contributed by atoms with Crippen molar-refractivity contribution in [3.63, 3.8) is 0 Å². The molecule has 0 N–H and O–H groups in total. The number of benzene rings is 1. The molecule has 2 aromatic heterocycles. The molecule has 13 heteroatoms. The van der Waals surface area contributed by atoms with Gasteiger partial charge in [-0.15, -0.1) is 10.2 Å². The number of nitrogens with zero attached hydrogens (tertiary/aromatic N) is 5. The maximum absolute atomic E-state index is 12.7. The molecule has 160 valence electrons. The molecular formula is C17H16ClF2N5O4S. The Labute approximate surface area is 175 Å². The quantitative estimate of drug-likeness (QED) is 0.529. The van der Waals surface area contributed by atoms with Crippen molar-refractivity contribution in [2.45, 2.75) is 19.4 Å². The molecule has 1 aliphatic rings. The minimum absolute atomic E-state index is 0.0667. The van der Waals surface area contributed by atoms with Gasteiger partial charge in [0.2, 0.25) is 10.0 Å². The largest absolute Gasteiger partial charge is 0.431 e. The van der Waals surface area contributed by atoms with Crippen LogP contribution in [0.1, 0.15) is 19.2 Å². The molecule has 1 aromatic carbocycles. The second kappa shape index (κ2) is 7.84. The molecule has 0 bridgehead atoms. The molecular weight excluding hydrogens is 444 g/mol. The molecule has 0 atom stereocenters. The van der Waals surface area contributed by atoms with Gasteiger partial charge in [0.1, 0.15) is 6.26 Å². The number of hydrogen-bond acceptors (Lipinski definition) is 8. The highest BCUT2D eigenvalue weighted by atomic mass is 35.5. The van der Waals surface area contributed by atoms with Crippen molar-refractivity contribution in [1.29, 1.82) is 0 Å². The first-order valence-corrected chi connectivity index (χ1v) is 10.9. The van der Waals surface area contributed by atoms with E-state index in [4.69, 9.17) is 20.4 Å². The Morgan fingerprint density at radius 2 is 2.10 bits per heavy atom. The molecule has 0 unspecified atom stereocenters. The van der Waals surface area contributed by atoms with E-state index in [0.29, 0.717) is 23.8 Å². The summed E-state index contributed by atoms with van der Waals surface area (Å²) in [6.07, 6.45) is -1.67. The van der Waals surface area contributed by atoms with Crippen LogP contribution in [-0.2, 0) is 10.0 Å². The van der Waals surface area contributed by atoms with Gasteiger partial charge in [-0.2, -0.15) is 13.8 Å². The Hall–Kier alpha value is -2.73. The molecule has 3 heterocycles. The number of halogens is 3. The Balaban J connectivity index is 1.51. The summed E-state index contributed by atoms with van der Waals surface area (Å²) < 4.78 is 62.1. The molecule has 3 aromatic rings. The summed E-state index contributed by atoms with van der Waals surface area (Å²) in [5.74, 6) is -1.06. The van der Waals surface area contributed by atoms with E-state index in [1.807, 2.05) is 0 Å². The van der Waals surface area contributed by atoms with Crippen LogP contribution in [-0.4, -0.2) is 48.5 Å². The Morgan fingerprint density at radius 3 is 2.73 bits per heavy atom. The molecule has 0 amide bonds. The third-order valence-corrected chi connectivity index (χ3v) is 6.60. The fourth-order valence-electron chi connectivity index (χ4n) is 3.04. The number of rotatable bonds is 7. The van der Waals surface area contributed by atoms with Crippen LogP contribution in [0.3, 0.4) is 0 Å². The highest BCUT2D eigenvalue weighted by Gasteiger charge is 2.40. The predicted molar refractivity (Wildman–Crippen MR) is 104 cm³/mol. The zero-order valence-corrected chi connectivity index (χ0v) is 17.1. The number of alkyl halides is 2. The molecule has 0 saturated carbocycles. The number of aromatic nitrogens is 3. The summed E-state index contributed by atoms with van der Waals surface area (Å²) in [6, 6.07) is 6.47. The highest BCUT2D eigenvalue weighted by molar-refractivity contribution is 7.92. The van der Waals surface area contributed by atoms with Gasteiger partial charge >= 0.3 is 6.43 Å². The van der Waals surface area contributed by atoms with Crippen molar-refractivity contribution in [2.24, 2.45) is 0 Å². The topological polar surface area (TPSA) is 106 Å². The first kappa shape index (κ1) is 20.5. The fourth-order valence-corrected chi connectivity index (χ4v) is 4.53. The summed E-state index contributed by atoms with van der Waals surface area (Å²) in [5, 5.41) is 7.20. The van der Waals surface area contributed by atoms with E-state index in [1.54, 1.807) is 36.1 Å². The van der Waals surface area contributed by atoms with E-state index in [9.17, 15) is 17.2 Å². The van der Waals surface area contributed by atoms with Crippen LogP contribution in [0.25, 0.3) is 11.6 Å². The molecule has 0 radical (unpaired) electrons. The van der Waals surface area contributed by atoms with E-state index in [-0.39, 0.29) is 29.4 Å². The van der Waals surface area contributed by atoms with Crippen LogP contribution in [0.5, 0.6) is 0 Å². The van der Waals surface area contributed by atoms with Gasteiger partial charge < -0.3 is 13.7 Å². The van der Waals surface area contributed by atoms with Crippen LogP contribution < -0.4 is 9.21 Å². The van der Waals surface area contributed by atoms with E-state index >= 15 is 0 Å². The second-order valence-corrected chi connectivity index (χ2v) is 9.07. The number of anilines is 2. The molecule has 0 spiro atoms. The first-order chi connectivity index (χ1) is 14.3. The number of sulfonamides is 1. The summed E-state index contributed by atoms with van der Waals surface area (Å²) in [5.41, 5.74) is 0.591. The van der Waals surface area contributed by atoms with E-state index in [2.05, 4.69) is 15.2 Å². The van der Waals surface area contributed by atoms with Crippen molar-refractivity contribution in [3.8, 4) is 11.6 Å². The zero-order valence-electron chi connectivity index (χ0n) is 15.6. The van der Waals surface area contributed by atoms with Crippen LogP contribution in [0.4, 0.5) is 20.5 Å². The average Bonchev–Trinajstić information content (AvgIpc) is 3.33. The molecule has 30 heavy (non-hydrogen) atoms. The normalized spacial score (nSPS) is 14.9. The van der Waals surface area contributed by atoms with Gasteiger partial charge in [-0.1, -0.05) is 17.7 Å². The van der Waals surface area contributed by atoms with Gasteiger partial charge in [0, 0.05) is 18.1 Å². The Bertz CT molecular complexity index is 1150.